The number of amidine groups is 1. The number of fused-ring (bicyclic) bond motifs is 6. The Morgan fingerprint density at radius 3 is 2.32 bits per heavy atom. The molecule has 0 amide bonds. The van der Waals surface area contributed by atoms with Crippen LogP contribution in [-0.2, 0) is 6.54 Å². The number of hydrogen-bond acceptors (Lipinski definition) is 4. The molecule has 0 bridgehead atoms. The fourth-order valence-electron chi connectivity index (χ4n) is 7.42. The van der Waals surface area contributed by atoms with Crippen LogP contribution in [0, 0.1) is 11.3 Å². The summed E-state index contributed by atoms with van der Waals surface area (Å²) in [5, 5.41) is 21.7. The maximum atomic E-state index is 9.42. The molecule has 0 saturated carbocycles. The van der Waals surface area contributed by atoms with Crippen LogP contribution in [0.25, 0.3) is 58.8 Å². The van der Waals surface area contributed by atoms with Crippen LogP contribution in [-0.4, -0.2) is 17.5 Å². The van der Waals surface area contributed by atoms with Gasteiger partial charge in [0.25, 0.3) is 0 Å². The molecule has 9 aromatic rings. The average Bonchev–Trinajstić information content (AvgIpc) is 3.77. The van der Waals surface area contributed by atoms with E-state index in [1.54, 1.807) is 0 Å². The Bertz CT molecular complexity index is 2860. The average molecular weight is 702 g/mol. The highest BCUT2D eigenvalue weighted by molar-refractivity contribution is 7.26. The lowest BCUT2D eigenvalue weighted by atomic mass is 10.0. The van der Waals surface area contributed by atoms with Crippen molar-refractivity contribution in [2.45, 2.75) is 12.7 Å². The zero-order valence-corrected chi connectivity index (χ0v) is 29.9. The second-order valence-corrected chi connectivity index (χ2v) is 14.2. The van der Waals surface area contributed by atoms with Crippen molar-refractivity contribution in [2.24, 2.45) is 4.99 Å². The van der Waals surface area contributed by atoms with Crippen molar-refractivity contribution >= 4 is 59.2 Å². The van der Waals surface area contributed by atoms with Gasteiger partial charge in [-0.3, -0.25) is 10.3 Å². The molecule has 0 radical (unpaired) electrons. The van der Waals surface area contributed by atoms with Gasteiger partial charge in [-0.1, -0.05) is 121 Å². The van der Waals surface area contributed by atoms with Crippen LogP contribution in [0.3, 0.4) is 0 Å². The zero-order chi connectivity index (χ0) is 35.7. The molecular weight excluding hydrogens is 667 g/mol. The number of rotatable bonds is 8. The molecule has 0 aliphatic carbocycles. The third kappa shape index (κ3) is 6.02. The number of hydrogen-bond donors (Lipinski definition) is 2. The van der Waals surface area contributed by atoms with Crippen molar-refractivity contribution in [3.05, 3.63) is 186 Å². The van der Waals surface area contributed by atoms with Crippen molar-refractivity contribution in [1.29, 1.82) is 5.26 Å². The fraction of sp³-hybridized carbons (Fsp3) is 0.0638. The summed E-state index contributed by atoms with van der Waals surface area (Å²) in [6.07, 6.45) is -0.228. The standard InChI is InChI=1S/C47H35N5S/c1-49-46(51-47(33-14-3-2-4-15-33)50-30-32-13-9-12-31(26-32)29-48)35-16-10-17-36(27-35)52-42-22-7-5-18-38(42)39-25-24-34(28-43(39)52)37-20-11-21-41-40-19-6-8-23-44(40)53-45(37)41/h2-28,46,49H,30H2,1H3,(H,50,51). The number of nitrogens with one attached hydrogen (secondary N) is 2. The Morgan fingerprint density at radius 1 is 0.698 bits per heavy atom. The molecule has 6 heteroatoms. The SMILES string of the molecule is CNC(NC(=NCc1cccc(C#N)c1)c1ccccc1)c1cccc(-n2c3ccccc3c3ccc(-c4cccc5c4sc4ccccc45)cc32)c1. The van der Waals surface area contributed by atoms with Crippen LogP contribution in [0.15, 0.2) is 169 Å². The molecule has 0 aliphatic rings. The van der Waals surface area contributed by atoms with Gasteiger partial charge in [-0.05, 0) is 71.8 Å². The predicted molar refractivity (Wildman–Crippen MR) is 222 cm³/mol. The first kappa shape index (κ1) is 32.4. The van der Waals surface area contributed by atoms with E-state index in [1.165, 1.54) is 47.6 Å². The number of aliphatic imine (C=N–C) groups is 1. The van der Waals surface area contributed by atoms with E-state index in [1.807, 2.05) is 60.8 Å². The topological polar surface area (TPSA) is 65.1 Å². The van der Waals surface area contributed by atoms with Crippen LogP contribution in [0.1, 0.15) is 28.4 Å². The molecule has 0 spiro atoms. The van der Waals surface area contributed by atoms with Gasteiger partial charge in [0, 0.05) is 42.2 Å². The minimum Gasteiger partial charge on any atom is -0.351 e. The molecule has 2 heterocycles. The Kier molecular flexibility index (Phi) is 8.49. The molecule has 254 valence electrons. The van der Waals surface area contributed by atoms with Crippen molar-refractivity contribution in [1.82, 2.24) is 15.2 Å². The quantitative estimate of drug-likeness (QED) is 0.0942. The van der Waals surface area contributed by atoms with E-state index in [9.17, 15) is 5.26 Å². The van der Waals surface area contributed by atoms with E-state index in [4.69, 9.17) is 4.99 Å². The molecule has 1 unspecified atom stereocenters. The number of benzene rings is 7. The summed E-state index contributed by atoms with van der Waals surface area (Å²) in [4.78, 5) is 5.03. The van der Waals surface area contributed by atoms with Crippen molar-refractivity contribution in [2.75, 3.05) is 7.05 Å². The molecule has 53 heavy (non-hydrogen) atoms. The third-order valence-electron chi connectivity index (χ3n) is 9.94. The summed E-state index contributed by atoms with van der Waals surface area (Å²) >= 11 is 1.87. The number of nitriles is 1. The van der Waals surface area contributed by atoms with Gasteiger partial charge in [0.2, 0.25) is 0 Å². The summed E-state index contributed by atoms with van der Waals surface area (Å²) in [6.45, 7) is 0.447. The maximum Gasteiger partial charge on any atom is 0.130 e. The van der Waals surface area contributed by atoms with Gasteiger partial charge in [-0.15, -0.1) is 11.3 Å². The zero-order valence-electron chi connectivity index (χ0n) is 29.1. The Hall–Kier alpha value is -6.52. The Labute approximate surface area is 312 Å². The molecule has 2 aromatic heterocycles. The highest BCUT2D eigenvalue weighted by atomic mass is 32.1. The van der Waals surface area contributed by atoms with Gasteiger partial charge < -0.3 is 9.88 Å². The second-order valence-electron chi connectivity index (χ2n) is 13.2. The Balaban J connectivity index is 1.13. The molecule has 0 fully saturated rings. The molecule has 0 aliphatic heterocycles. The molecule has 0 saturated heterocycles. The number of thiophene rings is 1. The highest BCUT2D eigenvalue weighted by Gasteiger charge is 2.18. The molecule has 5 nitrogen and oxygen atoms in total. The van der Waals surface area contributed by atoms with E-state index >= 15 is 0 Å². The fourth-order valence-corrected chi connectivity index (χ4v) is 8.66. The van der Waals surface area contributed by atoms with Crippen molar-refractivity contribution < 1.29 is 0 Å². The summed E-state index contributed by atoms with van der Waals surface area (Å²) in [6, 6.07) is 59.7. The monoisotopic (exact) mass is 701 g/mol. The minimum absolute atomic E-state index is 0.228. The van der Waals surface area contributed by atoms with E-state index in [0.29, 0.717) is 12.1 Å². The normalized spacial score (nSPS) is 12.4. The molecule has 7 aromatic carbocycles. The predicted octanol–water partition coefficient (Wildman–Crippen LogP) is 11.1. The summed E-state index contributed by atoms with van der Waals surface area (Å²) in [5.41, 5.74) is 9.55. The van der Waals surface area contributed by atoms with Gasteiger partial charge in [0.15, 0.2) is 0 Å². The van der Waals surface area contributed by atoms with Crippen molar-refractivity contribution in [3.8, 4) is 22.9 Å². The van der Waals surface area contributed by atoms with E-state index in [-0.39, 0.29) is 6.17 Å². The molecule has 1 atom stereocenters. The van der Waals surface area contributed by atoms with Crippen LogP contribution in [0.5, 0.6) is 0 Å². The first-order valence-corrected chi connectivity index (χ1v) is 18.6. The number of para-hydroxylation sites is 1. The first-order valence-electron chi connectivity index (χ1n) is 17.8. The summed E-state index contributed by atoms with van der Waals surface area (Å²) in [7, 11) is 1.96. The summed E-state index contributed by atoms with van der Waals surface area (Å²) < 4.78 is 5.02. The van der Waals surface area contributed by atoms with Crippen LogP contribution in [0.4, 0.5) is 0 Å². The lowest BCUT2D eigenvalue weighted by molar-refractivity contribution is 0.559. The molecule has 2 N–H and O–H groups in total. The van der Waals surface area contributed by atoms with Crippen LogP contribution < -0.4 is 10.6 Å². The third-order valence-corrected chi connectivity index (χ3v) is 11.2. The summed E-state index contributed by atoms with van der Waals surface area (Å²) in [5.74, 6) is 0.773. The van der Waals surface area contributed by atoms with Crippen LogP contribution in [0.2, 0.25) is 0 Å². The first-order chi connectivity index (χ1) is 26.2. The lowest BCUT2D eigenvalue weighted by Gasteiger charge is -2.22. The Morgan fingerprint density at radius 2 is 1.45 bits per heavy atom. The number of aromatic nitrogens is 1. The van der Waals surface area contributed by atoms with Gasteiger partial charge >= 0.3 is 0 Å². The molecule has 9 rings (SSSR count). The van der Waals surface area contributed by atoms with Gasteiger partial charge in [-0.25, -0.2) is 0 Å². The van der Waals surface area contributed by atoms with E-state index in [0.717, 1.165) is 33.7 Å². The highest BCUT2D eigenvalue weighted by Crippen LogP contribution is 2.41. The number of nitrogens with zero attached hydrogens (tertiary/aromatic N) is 3. The van der Waals surface area contributed by atoms with Gasteiger partial charge in [0.1, 0.15) is 12.0 Å². The minimum atomic E-state index is -0.228. The van der Waals surface area contributed by atoms with Crippen molar-refractivity contribution in [3.63, 3.8) is 0 Å². The van der Waals surface area contributed by atoms with Gasteiger partial charge in [0.05, 0.1) is 29.2 Å². The maximum absolute atomic E-state index is 9.42. The largest absolute Gasteiger partial charge is 0.351 e. The second kappa shape index (κ2) is 13.9. The molecular formula is C47H35N5S. The van der Waals surface area contributed by atoms with Gasteiger partial charge in [-0.2, -0.15) is 5.26 Å². The van der Waals surface area contributed by atoms with E-state index < -0.39 is 0 Å². The lowest BCUT2D eigenvalue weighted by Crippen LogP contribution is -2.37. The smallest absolute Gasteiger partial charge is 0.130 e. The van der Waals surface area contributed by atoms with E-state index in [2.05, 4.69) is 143 Å². The van der Waals surface area contributed by atoms with Crippen LogP contribution >= 0.6 is 11.3 Å².